The fraction of sp³-hybridized carbons (Fsp3) is 0.538. The summed E-state index contributed by atoms with van der Waals surface area (Å²) in [5, 5.41) is 14.2. The number of nitro benzene ring substituents is 1. The molecule has 98 valence electrons. The zero-order valence-corrected chi connectivity index (χ0v) is 11.1. The fourth-order valence-corrected chi connectivity index (χ4v) is 2.40. The lowest BCUT2D eigenvalue weighted by molar-refractivity contribution is -0.385. The first-order valence-corrected chi connectivity index (χ1v) is 6.14. The maximum atomic E-state index is 10.8. The van der Waals surface area contributed by atoms with E-state index in [-0.39, 0.29) is 16.1 Å². The number of aryl methyl sites for hydroxylation is 1. The second-order valence-corrected chi connectivity index (χ2v) is 5.46. The van der Waals surface area contributed by atoms with Crippen molar-refractivity contribution in [3.05, 3.63) is 33.9 Å². The van der Waals surface area contributed by atoms with Gasteiger partial charge in [-0.2, -0.15) is 0 Å². The molecule has 0 aromatic heterocycles. The highest BCUT2D eigenvalue weighted by molar-refractivity contribution is 5.55. The van der Waals surface area contributed by atoms with Crippen LogP contribution in [0.15, 0.2) is 18.2 Å². The minimum Gasteiger partial charge on any atom is -0.368 e. The van der Waals surface area contributed by atoms with Crippen molar-refractivity contribution in [3.63, 3.8) is 0 Å². The van der Waals surface area contributed by atoms with Gasteiger partial charge in [0.15, 0.2) is 0 Å². The predicted octanol–water partition coefficient (Wildman–Crippen LogP) is 2.09. The zero-order chi connectivity index (χ0) is 13.3. The number of nitrogens with zero attached hydrogens (tertiary/aromatic N) is 2. The molecule has 0 atom stereocenters. The highest BCUT2D eigenvalue weighted by Crippen LogP contribution is 2.26. The van der Waals surface area contributed by atoms with Gasteiger partial charge >= 0.3 is 0 Å². The average Bonchev–Trinajstić information content (AvgIpc) is 2.27. The molecule has 1 saturated heterocycles. The van der Waals surface area contributed by atoms with E-state index in [1.807, 2.05) is 12.1 Å². The highest BCUT2D eigenvalue weighted by Gasteiger charge is 2.26. The Morgan fingerprint density at radius 2 is 2.17 bits per heavy atom. The first-order valence-electron chi connectivity index (χ1n) is 6.14. The van der Waals surface area contributed by atoms with Crippen LogP contribution >= 0.6 is 0 Å². The third kappa shape index (κ3) is 2.61. The molecule has 2 rings (SSSR count). The predicted molar refractivity (Wildman–Crippen MR) is 72.1 cm³/mol. The summed E-state index contributed by atoms with van der Waals surface area (Å²) in [6, 6.07) is 5.34. The standard InChI is InChI=1S/C13H19N3O2/c1-10-8-11(4-5-12(10)16(17)18)15-7-6-14-13(2,3)9-15/h4-5,8,14H,6-7,9H2,1-3H3. The van der Waals surface area contributed by atoms with Gasteiger partial charge in [0.25, 0.3) is 5.69 Å². The number of hydrogen-bond donors (Lipinski definition) is 1. The van der Waals surface area contributed by atoms with Crippen LogP contribution in [0.25, 0.3) is 0 Å². The summed E-state index contributed by atoms with van der Waals surface area (Å²) in [5.41, 5.74) is 2.04. The zero-order valence-electron chi connectivity index (χ0n) is 11.1. The first-order chi connectivity index (χ1) is 8.39. The molecule has 1 aliphatic rings. The monoisotopic (exact) mass is 249 g/mol. The van der Waals surface area contributed by atoms with Crippen molar-refractivity contribution in [2.24, 2.45) is 0 Å². The van der Waals surface area contributed by atoms with Crippen molar-refractivity contribution in [1.82, 2.24) is 5.32 Å². The minimum absolute atomic E-state index is 0.0773. The average molecular weight is 249 g/mol. The molecule has 1 aromatic carbocycles. The molecule has 1 heterocycles. The summed E-state index contributed by atoms with van der Waals surface area (Å²) in [7, 11) is 0. The third-order valence-electron chi connectivity index (χ3n) is 3.31. The molecule has 1 aromatic rings. The lowest BCUT2D eigenvalue weighted by atomic mass is 10.0. The molecule has 0 amide bonds. The van der Waals surface area contributed by atoms with E-state index in [0.717, 1.165) is 25.3 Å². The highest BCUT2D eigenvalue weighted by atomic mass is 16.6. The Morgan fingerprint density at radius 3 is 2.72 bits per heavy atom. The number of piperazine rings is 1. The molecule has 0 radical (unpaired) electrons. The molecule has 0 spiro atoms. The number of hydrogen-bond acceptors (Lipinski definition) is 4. The van der Waals surface area contributed by atoms with E-state index in [1.165, 1.54) is 0 Å². The van der Waals surface area contributed by atoms with E-state index in [1.54, 1.807) is 13.0 Å². The van der Waals surface area contributed by atoms with Crippen LogP contribution in [0.1, 0.15) is 19.4 Å². The van der Waals surface area contributed by atoms with Crippen LogP contribution < -0.4 is 10.2 Å². The van der Waals surface area contributed by atoms with Gasteiger partial charge in [-0.1, -0.05) is 0 Å². The number of benzene rings is 1. The van der Waals surface area contributed by atoms with E-state index in [9.17, 15) is 10.1 Å². The van der Waals surface area contributed by atoms with Crippen LogP contribution in [0.3, 0.4) is 0 Å². The Bertz CT molecular complexity index is 471. The molecule has 0 saturated carbocycles. The van der Waals surface area contributed by atoms with Crippen molar-refractivity contribution < 1.29 is 4.92 Å². The first kappa shape index (κ1) is 12.8. The Labute approximate surface area is 107 Å². The molecule has 1 fully saturated rings. The largest absolute Gasteiger partial charge is 0.368 e. The van der Waals surface area contributed by atoms with Crippen molar-refractivity contribution in [2.75, 3.05) is 24.5 Å². The van der Waals surface area contributed by atoms with Gasteiger partial charge in [0.2, 0.25) is 0 Å². The quantitative estimate of drug-likeness (QED) is 0.644. The van der Waals surface area contributed by atoms with E-state index in [4.69, 9.17) is 0 Å². The van der Waals surface area contributed by atoms with Gasteiger partial charge in [-0.3, -0.25) is 10.1 Å². The normalized spacial score (nSPS) is 18.7. The fourth-order valence-electron chi connectivity index (χ4n) is 2.40. The summed E-state index contributed by atoms with van der Waals surface area (Å²) in [6.07, 6.45) is 0. The Kier molecular flexibility index (Phi) is 3.26. The third-order valence-corrected chi connectivity index (χ3v) is 3.31. The summed E-state index contributed by atoms with van der Waals surface area (Å²) >= 11 is 0. The van der Waals surface area contributed by atoms with Gasteiger partial charge in [0.1, 0.15) is 0 Å². The summed E-state index contributed by atoms with van der Waals surface area (Å²) < 4.78 is 0. The van der Waals surface area contributed by atoms with Crippen LogP contribution in [0, 0.1) is 17.0 Å². The van der Waals surface area contributed by atoms with Crippen LogP contribution in [-0.2, 0) is 0 Å². The van der Waals surface area contributed by atoms with Crippen molar-refractivity contribution in [3.8, 4) is 0 Å². The summed E-state index contributed by atoms with van der Waals surface area (Å²) in [5.74, 6) is 0. The summed E-state index contributed by atoms with van der Waals surface area (Å²) in [4.78, 5) is 12.7. The molecular formula is C13H19N3O2. The van der Waals surface area contributed by atoms with Gasteiger partial charge in [-0.15, -0.1) is 0 Å². The SMILES string of the molecule is Cc1cc(N2CCNC(C)(C)C2)ccc1[N+](=O)[O-]. The van der Waals surface area contributed by atoms with Gasteiger partial charge in [0, 0.05) is 42.5 Å². The van der Waals surface area contributed by atoms with Gasteiger partial charge in [-0.05, 0) is 32.9 Å². The maximum absolute atomic E-state index is 10.8. The second kappa shape index (κ2) is 4.57. The molecule has 5 nitrogen and oxygen atoms in total. The van der Waals surface area contributed by atoms with Gasteiger partial charge < -0.3 is 10.2 Å². The van der Waals surface area contributed by atoms with Crippen molar-refractivity contribution in [2.45, 2.75) is 26.3 Å². The lowest BCUT2D eigenvalue weighted by Crippen LogP contribution is -2.57. The van der Waals surface area contributed by atoms with Gasteiger partial charge in [-0.25, -0.2) is 0 Å². The van der Waals surface area contributed by atoms with Crippen LogP contribution in [-0.4, -0.2) is 30.1 Å². The Morgan fingerprint density at radius 1 is 1.44 bits per heavy atom. The van der Waals surface area contributed by atoms with Gasteiger partial charge in [0.05, 0.1) is 4.92 Å². The number of rotatable bonds is 2. The molecule has 0 aliphatic carbocycles. The summed E-state index contributed by atoms with van der Waals surface area (Å²) in [6.45, 7) is 8.89. The Hall–Kier alpha value is -1.62. The van der Waals surface area contributed by atoms with E-state index in [0.29, 0.717) is 5.56 Å². The number of nitro groups is 1. The second-order valence-electron chi connectivity index (χ2n) is 5.46. The molecule has 0 unspecified atom stereocenters. The molecule has 18 heavy (non-hydrogen) atoms. The number of anilines is 1. The smallest absolute Gasteiger partial charge is 0.272 e. The van der Waals surface area contributed by atoms with Crippen molar-refractivity contribution >= 4 is 11.4 Å². The molecular weight excluding hydrogens is 230 g/mol. The topological polar surface area (TPSA) is 58.4 Å². The maximum Gasteiger partial charge on any atom is 0.272 e. The van der Waals surface area contributed by atoms with E-state index >= 15 is 0 Å². The van der Waals surface area contributed by atoms with Crippen LogP contribution in [0.5, 0.6) is 0 Å². The number of nitrogens with one attached hydrogen (secondary N) is 1. The minimum atomic E-state index is -0.333. The van der Waals surface area contributed by atoms with E-state index < -0.39 is 0 Å². The molecule has 1 aliphatic heterocycles. The molecule has 1 N–H and O–H groups in total. The molecule has 5 heteroatoms. The Balaban J connectivity index is 2.24. The van der Waals surface area contributed by atoms with Crippen molar-refractivity contribution in [1.29, 1.82) is 0 Å². The van der Waals surface area contributed by atoms with E-state index in [2.05, 4.69) is 24.1 Å². The van der Waals surface area contributed by atoms with Crippen LogP contribution in [0.4, 0.5) is 11.4 Å². The molecule has 0 bridgehead atoms. The lowest BCUT2D eigenvalue weighted by Gasteiger charge is -2.40. The van der Waals surface area contributed by atoms with Crippen LogP contribution in [0.2, 0.25) is 0 Å².